The number of hydrogen-bond acceptors (Lipinski definition) is 5. The molecule has 1 amide bonds. The van der Waals surface area contributed by atoms with Crippen molar-refractivity contribution in [3.05, 3.63) is 48.2 Å². The zero-order chi connectivity index (χ0) is 14.8. The molecule has 0 fully saturated rings. The van der Waals surface area contributed by atoms with Gasteiger partial charge in [0.25, 0.3) is 16.0 Å². The smallest absolute Gasteiger partial charge is 0.265 e. The fourth-order valence-electron chi connectivity index (χ4n) is 1.77. The van der Waals surface area contributed by atoms with E-state index >= 15 is 0 Å². The van der Waals surface area contributed by atoms with Crippen LogP contribution in [0.3, 0.4) is 0 Å². The maximum atomic E-state index is 12.1. The molecule has 6 nitrogen and oxygen atoms in total. The van der Waals surface area contributed by atoms with E-state index in [1.165, 1.54) is 11.1 Å². The summed E-state index contributed by atoms with van der Waals surface area (Å²) >= 11 is 0. The maximum absolute atomic E-state index is 12.1. The van der Waals surface area contributed by atoms with Crippen molar-refractivity contribution in [1.29, 1.82) is 0 Å². The highest BCUT2D eigenvalue weighted by Gasteiger charge is 2.35. The van der Waals surface area contributed by atoms with Gasteiger partial charge in [0.15, 0.2) is 5.78 Å². The van der Waals surface area contributed by atoms with Gasteiger partial charge in [-0.2, -0.15) is 8.42 Å². The number of ketones is 1. The number of hydrogen-bond donors (Lipinski definition) is 0. The lowest BCUT2D eigenvalue weighted by Gasteiger charge is -2.25. The Morgan fingerprint density at radius 2 is 1.85 bits per heavy atom. The minimum atomic E-state index is -3.89. The number of nitrogens with zero attached hydrogens (tertiary/aromatic N) is 1. The first-order valence-electron chi connectivity index (χ1n) is 5.81. The number of rotatable bonds is 4. The van der Waals surface area contributed by atoms with Crippen LogP contribution in [-0.2, 0) is 30.4 Å². The SMILES string of the molecule is CS(=O)(=O)OC1C(=O)C=CN(Cc2ccccc2)C1=O. The molecule has 1 atom stereocenters. The molecule has 0 aromatic heterocycles. The van der Waals surface area contributed by atoms with Crippen LogP contribution in [0.1, 0.15) is 5.56 Å². The predicted octanol–water partition coefficient (Wildman–Crippen LogP) is 0.456. The number of carbonyl (C=O) groups excluding carboxylic acids is 2. The number of amides is 1. The highest BCUT2D eigenvalue weighted by molar-refractivity contribution is 7.86. The lowest BCUT2D eigenvalue weighted by atomic mass is 10.1. The molecule has 1 unspecified atom stereocenters. The second-order valence-electron chi connectivity index (χ2n) is 4.35. The Hall–Kier alpha value is -1.99. The van der Waals surface area contributed by atoms with Crippen LogP contribution >= 0.6 is 0 Å². The summed E-state index contributed by atoms with van der Waals surface area (Å²) in [5.41, 5.74) is 0.859. The van der Waals surface area contributed by atoms with Crippen LogP contribution in [0.4, 0.5) is 0 Å². The van der Waals surface area contributed by atoms with Gasteiger partial charge >= 0.3 is 0 Å². The molecule has 0 N–H and O–H groups in total. The molecule has 0 bridgehead atoms. The third-order valence-electron chi connectivity index (χ3n) is 2.65. The number of benzene rings is 1. The maximum Gasteiger partial charge on any atom is 0.265 e. The van der Waals surface area contributed by atoms with Gasteiger partial charge in [0, 0.05) is 12.3 Å². The first-order chi connectivity index (χ1) is 9.37. The molecular formula is C13H13NO5S. The summed E-state index contributed by atoms with van der Waals surface area (Å²) in [7, 11) is -3.89. The highest BCUT2D eigenvalue weighted by Crippen LogP contribution is 2.15. The fraction of sp³-hybridized carbons (Fsp3) is 0.231. The molecule has 1 aliphatic heterocycles. The van der Waals surface area contributed by atoms with Crippen LogP contribution in [0.2, 0.25) is 0 Å². The van der Waals surface area contributed by atoms with Gasteiger partial charge in [0.1, 0.15) is 0 Å². The van der Waals surface area contributed by atoms with Gasteiger partial charge in [0.2, 0.25) is 6.10 Å². The van der Waals surface area contributed by atoms with E-state index in [4.69, 9.17) is 0 Å². The fourth-order valence-corrected chi connectivity index (χ4v) is 2.30. The number of carbonyl (C=O) groups is 2. The standard InChI is InChI=1S/C13H13NO5S/c1-20(17,18)19-12-11(15)7-8-14(13(12)16)9-10-5-3-2-4-6-10/h2-8,12H,9H2,1H3. The Balaban J connectivity index is 2.18. The van der Waals surface area contributed by atoms with E-state index in [9.17, 15) is 18.0 Å². The molecule has 0 radical (unpaired) electrons. The van der Waals surface area contributed by atoms with Gasteiger partial charge in [-0.25, -0.2) is 4.18 Å². The van der Waals surface area contributed by atoms with Crippen LogP contribution in [0.25, 0.3) is 0 Å². The van der Waals surface area contributed by atoms with Crippen molar-refractivity contribution in [1.82, 2.24) is 4.90 Å². The van der Waals surface area contributed by atoms with Crippen LogP contribution < -0.4 is 0 Å². The molecular weight excluding hydrogens is 282 g/mol. The van der Waals surface area contributed by atoms with Crippen molar-refractivity contribution >= 4 is 21.8 Å². The first-order valence-corrected chi connectivity index (χ1v) is 7.63. The van der Waals surface area contributed by atoms with Crippen molar-refractivity contribution < 1.29 is 22.2 Å². The molecule has 0 saturated heterocycles. The molecule has 0 aliphatic carbocycles. The van der Waals surface area contributed by atoms with Gasteiger partial charge in [-0.15, -0.1) is 0 Å². The Morgan fingerprint density at radius 3 is 2.45 bits per heavy atom. The highest BCUT2D eigenvalue weighted by atomic mass is 32.2. The molecule has 106 valence electrons. The summed E-state index contributed by atoms with van der Waals surface area (Å²) in [6.45, 7) is 0.243. The van der Waals surface area contributed by atoms with Crippen LogP contribution in [0.5, 0.6) is 0 Å². The third-order valence-corrected chi connectivity index (χ3v) is 3.19. The summed E-state index contributed by atoms with van der Waals surface area (Å²) in [5, 5.41) is 0. The van der Waals surface area contributed by atoms with E-state index in [1.807, 2.05) is 30.3 Å². The lowest BCUT2D eigenvalue weighted by molar-refractivity contribution is -0.143. The average molecular weight is 295 g/mol. The van der Waals surface area contributed by atoms with Crippen molar-refractivity contribution in [2.45, 2.75) is 12.6 Å². The van der Waals surface area contributed by atoms with E-state index < -0.39 is 27.9 Å². The topological polar surface area (TPSA) is 80.8 Å². The zero-order valence-electron chi connectivity index (χ0n) is 10.7. The summed E-state index contributed by atoms with van der Waals surface area (Å²) in [6.07, 6.45) is 1.65. The second-order valence-corrected chi connectivity index (χ2v) is 5.95. The Kier molecular flexibility index (Phi) is 4.01. The average Bonchev–Trinajstić information content (AvgIpc) is 2.38. The normalized spacial score (nSPS) is 19.4. The summed E-state index contributed by atoms with van der Waals surface area (Å²) < 4.78 is 26.7. The summed E-state index contributed by atoms with van der Waals surface area (Å²) in [4.78, 5) is 24.9. The summed E-state index contributed by atoms with van der Waals surface area (Å²) in [5.74, 6) is -1.36. The minimum Gasteiger partial charge on any atom is -0.312 e. The van der Waals surface area contributed by atoms with Gasteiger partial charge in [-0.1, -0.05) is 30.3 Å². The summed E-state index contributed by atoms with van der Waals surface area (Å²) in [6, 6.07) is 9.14. The molecule has 20 heavy (non-hydrogen) atoms. The molecule has 7 heteroatoms. The lowest BCUT2D eigenvalue weighted by Crippen LogP contribution is -2.45. The first kappa shape index (κ1) is 14.4. The van der Waals surface area contributed by atoms with Gasteiger partial charge < -0.3 is 4.90 Å². The van der Waals surface area contributed by atoms with Crippen molar-refractivity contribution in [3.8, 4) is 0 Å². The van der Waals surface area contributed by atoms with Crippen molar-refractivity contribution in [3.63, 3.8) is 0 Å². The van der Waals surface area contributed by atoms with E-state index in [-0.39, 0.29) is 6.54 Å². The monoisotopic (exact) mass is 295 g/mol. The largest absolute Gasteiger partial charge is 0.312 e. The molecule has 0 spiro atoms. The quantitative estimate of drug-likeness (QED) is 0.595. The Labute approximate surface area is 116 Å². The predicted molar refractivity (Wildman–Crippen MR) is 70.9 cm³/mol. The van der Waals surface area contributed by atoms with Crippen LogP contribution in [0.15, 0.2) is 42.6 Å². The minimum absolute atomic E-state index is 0.243. The van der Waals surface area contributed by atoms with E-state index in [0.29, 0.717) is 0 Å². The Bertz CT molecular complexity index is 651. The zero-order valence-corrected chi connectivity index (χ0v) is 11.5. The molecule has 1 aromatic carbocycles. The molecule has 2 rings (SSSR count). The van der Waals surface area contributed by atoms with Gasteiger partial charge in [-0.05, 0) is 5.56 Å². The van der Waals surface area contributed by atoms with E-state index in [0.717, 1.165) is 17.9 Å². The Morgan fingerprint density at radius 1 is 1.20 bits per heavy atom. The molecule has 0 saturated carbocycles. The molecule has 1 aromatic rings. The molecule has 1 aliphatic rings. The van der Waals surface area contributed by atoms with Crippen LogP contribution in [0, 0.1) is 0 Å². The van der Waals surface area contributed by atoms with Crippen molar-refractivity contribution in [2.24, 2.45) is 0 Å². The second kappa shape index (κ2) is 5.56. The molecule has 1 heterocycles. The van der Waals surface area contributed by atoms with Gasteiger partial charge in [-0.3, -0.25) is 9.59 Å². The van der Waals surface area contributed by atoms with E-state index in [2.05, 4.69) is 4.18 Å². The van der Waals surface area contributed by atoms with Crippen molar-refractivity contribution in [2.75, 3.05) is 6.26 Å². The third kappa shape index (κ3) is 3.52. The van der Waals surface area contributed by atoms with E-state index in [1.54, 1.807) is 0 Å². The van der Waals surface area contributed by atoms with Crippen LogP contribution in [-0.4, -0.2) is 37.4 Å². The van der Waals surface area contributed by atoms with Gasteiger partial charge in [0.05, 0.1) is 12.8 Å².